The normalized spacial score (nSPS) is 23.4. The molecule has 1 saturated heterocycles. The highest BCUT2D eigenvalue weighted by molar-refractivity contribution is 5.91. The Morgan fingerprint density at radius 1 is 1.69 bits per heavy atom. The zero-order valence-corrected chi connectivity index (χ0v) is 8.41. The first-order valence-electron chi connectivity index (χ1n) is 4.60. The third kappa shape index (κ3) is 1.78. The molecule has 0 unspecified atom stereocenters. The molecule has 1 fully saturated rings. The molecule has 86 valence electrons. The largest absolute Gasteiger partial charge is 0.465 e. The lowest BCUT2D eigenvalue weighted by Crippen LogP contribution is -2.70. The number of tetrazole rings is 1. The molecule has 0 aromatic carbocycles. The Balaban J connectivity index is 1.99. The summed E-state index contributed by atoms with van der Waals surface area (Å²) in [5.41, 5.74) is 0. The van der Waals surface area contributed by atoms with E-state index in [1.165, 1.54) is 4.68 Å². The Hall–Kier alpha value is -2.19. The maximum Gasteiger partial charge on any atom is 0.405 e. The molecule has 0 spiro atoms. The molecule has 2 heterocycles. The van der Waals surface area contributed by atoms with E-state index in [-0.39, 0.29) is 11.9 Å². The van der Waals surface area contributed by atoms with E-state index in [4.69, 9.17) is 5.11 Å². The van der Waals surface area contributed by atoms with Gasteiger partial charge in [0.25, 0.3) is 0 Å². The summed E-state index contributed by atoms with van der Waals surface area (Å²) < 4.78 is 1.50. The lowest BCUT2D eigenvalue weighted by Gasteiger charge is -2.36. The van der Waals surface area contributed by atoms with Crippen molar-refractivity contribution in [3.63, 3.8) is 0 Å². The number of aromatic nitrogens is 4. The van der Waals surface area contributed by atoms with Crippen LogP contribution in [0, 0.1) is 6.92 Å². The van der Waals surface area contributed by atoms with Gasteiger partial charge in [0.2, 0.25) is 5.91 Å². The number of nitrogens with one attached hydrogen (secondary N) is 2. The highest BCUT2D eigenvalue weighted by atomic mass is 16.4. The molecule has 0 bridgehead atoms. The Labute approximate surface area is 89.8 Å². The van der Waals surface area contributed by atoms with Gasteiger partial charge < -0.3 is 15.7 Å². The van der Waals surface area contributed by atoms with E-state index >= 15 is 0 Å². The summed E-state index contributed by atoms with van der Waals surface area (Å²) in [7, 11) is 0. The van der Waals surface area contributed by atoms with Crippen molar-refractivity contribution >= 4 is 12.0 Å². The maximum atomic E-state index is 11.1. The summed E-state index contributed by atoms with van der Waals surface area (Å²) in [6.07, 6.45) is -1.22. The quantitative estimate of drug-likeness (QED) is 0.518. The molecule has 0 radical (unpaired) electrons. The molecule has 0 saturated carbocycles. The number of rotatable bonds is 3. The van der Waals surface area contributed by atoms with Crippen molar-refractivity contribution in [1.82, 2.24) is 30.8 Å². The predicted octanol–water partition coefficient (Wildman–Crippen LogP) is -1.88. The maximum absolute atomic E-state index is 11.1. The average molecular weight is 226 g/mol. The van der Waals surface area contributed by atoms with Crippen molar-refractivity contribution in [2.45, 2.75) is 25.6 Å². The van der Waals surface area contributed by atoms with Gasteiger partial charge in [-0.3, -0.25) is 4.79 Å². The van der Waals surface area contributed by atoms with E-state index in [0.29, 0.717) is 12.4 Å². The summed E-state index contributed by atoms with van der Waals surface area (Å²) in [6, 6.07) is -1.05. The highest BCUT2D eigenvalue weighted by Gasteiger charge is 2.40. The molecule has 16 heavy (non-hydrogen) atoms. The molecule has 1 aliphatic rings. The topological polar surface area (TPSA) is 122 Å². The molecule has 2 atom stereocenters. The van der Waals surface area contributed by atoms with Crippen LogP contribution in [0.2, 0.25) is 0 Å². The first-order valence-corrected chi connectivity index (χ1v) is 4.60. The van der Waals surface area contributed by atoms with E-state index in [9.17, 15) is 9.59 Å². The van der Waals surface area contributed by atoms with Gasteiger partial charge in [-0.2, -0.15) is 0 Å². The Morgan fingerprint density at radius 3 is 2.94 bits per heavy atom. The number of amides is 2. The lowest BCUT2D eigenvalue weighted by molar-refractivity contribution is -0.131. The van der Waals surface area contributed by atoms with Crippen molar-refractivity contribution in [1.29, 1.82) is 0 Å². The van der Waals surface area contributed by atoms with Gasteiger partial charge in [0.15, 0.2) is 0 Å². The Morgan fingerprint density at radius 2 is 2.44 bits per heavy atom. The van der Waals surface area contributed by atoms with Crippen molar-refractivity contribution in [3.8, 4) is 0 Å². The van der Waals surface area contributed by atoms with Crippen molar-refractivity contribution in [2.75, 3.05) is 0 Å². The molecule has 0 aliphatic carbocycles. The number of hydrogen-bond acceptors (Lipinski definition) is 5. The van der Waals surface area contributed by atoms with Crippen LogP contribution in [0.4, 0.5) is 4.79 Å². The number of hydrogen-bond donors (Lipinski definition) is 3. The van der Waals surface area contributed by atoms with Crippen LogP contribution in [0.3, 0.4) is 0 Å². The van der Waals surface area contributed by atoms with Crippen molar-refractivity contribution in [2.24, 2.45) is 0 Å². The molecular weight excluding hydrogens is 216 g/mol. The Kier molecular flexibility index (Phi) is 2.43. The van der Waals surface area contributed by atoms with Gasteiger partial charge in [-0.25, -0.2) is 9.48 Å². The minimum atomic E-state index is -1.22. The van der Waals surface area contributed by atoms with E-state index < -0.39 is 12.1 Å². The second-order valence-corrected chi connectivity index (χ2v) is 3.45. The smallest absolute Gasteiger partial charge is 0.405 e. The fourth-order valence-electron chi connectivity index (χ4n) is 1.50. The molecule has 9 nitrogen and oxygen atoms in total. The molecule has 1 aliphatic heterocycles. The molecule has 2 rings (SSSR count). The second-order valence-electron chi connectivity index (χ2n) is 3.45. The predicted molar refractivity (Wildman–Crippen MR) is 49.4 cm³/mol. The average Bonchev–Trinajstić information content (AvgIpc) is 2.61. The third-order valence-corrected chi connectivity index (χ3v) is 2.37. The number of carboxylic acid groups (broad SMARTS) is 1. The fourth-order valence-corrected chi connectivity index (χ4v) is 1.50. The Bertz CT molecular complexity index is 430. The van der Waals surface area contributed by atoms with Gasteiger partial charge in [-0.05, 0) is 17.4 Å². The monoisotopic (exact) mass is 226 g/mol. The van der Waals surface area contributed by atoms with Gasteiger partial charge in [0.05, 0.1) is 12.6 Å². The van der Waals surface area contributed by atoms with E-state index in [1.54, 1.807) is 6.92 Å². The van der Waals surface area contributed by atoms with Crippen LogP contribution in [0.15, 0.2) is 0 Å². The van der Waals surface area contributed by atoms with Crippen LogP contribution in [-0.2, 0) is 11.3 Å². The van der Waals surface area contributed by atoms with Crippen LogP contribution in [0.5, 0.6) is 0 Å². The summed E-state index contributed by atoms with van der Waals surface area (Å²) in [6.45, 7) is 2.07. The van der Waals surface area contributed by atoms with Gasteiger partial charge in [0.1, 0.15) is 11.9 Å². The van der Waals surface area contributed by atoms with Crippen molar-refractivity contribution in [3.05, 3.63) is 5.82 Å². The molecule has 1 aromatic heterocycles. The standard InChI is InChI=1S/C7H10N6O3/c1-3-10-11-12-13(3)2-4-5(6(14)8-4)9-7(15)16/h4-5,9H,2H2,1H3,(H,8,14)(H,15,16)/t4-,5-/m0/s1. The minimum absolute atomic E-state index is 0.314. The highest BCUT2D eigenvalue weighted by Crippen LogP contribution is 2.08. The molecule has 1 aromatic rings. The summed E-state index contributed by atoms with van der Waals surface area (Å²) in [4.78, 5) is 21.5. The lowest BCUT2D eigenvalue weighted by atomic mass is 9.99. The van der Waals surface area contributed by atoms with Gasteiger partial charge in [-0.1, -0.05) is 0 Å². The first-order chi connectivity index (χ1) is 7.58. The van der Waals surface area contributed by atoms with Crippen LogP contribution >= 0.6 is 0 Å². The van der Waals surface area contributed by atoms with Crippen molar-refractivity contribution < 1.29 is 14.7 Å². The molecule has 9 heteroatoms. The van der Waals surface area contributed by atoms with Crippen LogP contribution < -0.4 is 10.6 Å². The summed E-state index contributed by atoms with van der Waals surface area (Å²) in [5, 5.41) is 24.1. The number of aryl methyl sites for hydroxylation is 1. The first kappa shape index (κ1) is 10.3. The molecule has 2 amide bonds. The zero-order valence-electron chi connectivity index (χ0n) is 8.41. The fraction of sp³-hybridized carbons (Fsp3) is 0.571. The number of carbonyl (C=O) groups is 2. The number of carbonyl (C=O) groups excluding carboxylic acids is 1. The van der Waals surface area contributed by atoms with Gasteiger partial charge in [0, 0.05) is 0 Å². The summed E-state index contributed by atoms with van der Waals surface area (Å²) in [5.74, 6) is 0.272. The molecule has 3 N–H and O–H groups in total. The van der Waals surface area contributed by atoms with Crippen LogP contribution in [0.25, 0.3) is 0 Å². The van der Waals surface area contributed by atoms with E-state index in [2.05, 4.69) is 26.2 Å². The SMILES string of the molecule is Cc1nnnn1C[C@@H]1NC(=O)[C@H]1NC(=O)O. The van der Waals surface area contributed by atoms with Gasteiger partial charge in [-0.15, -0.1) is 5.10 Å². The van der Waals surface area contributed by atoms with E-state index in [1.807, 2.05) is 0 Å². The van der Waals surface area contributed by atoms with Crippen LogP contribution in [0.1, 0.15) is 5.82 Å². The molecular formula is C7H10N6O3. The minimum Gasteiger partial charge on any atom is -0.465 e. The second kappa shape index (κ2) is 3.76. The van der Waals surface area contributed by atoms with E-state index in [0.717, 1.165) is 0 Å². The number of nitrogens with zero attached hydrogens (tertiary/aromatic N) is 4. The summed E-state index contributed by atoms with van der Waals surface area (Å²) >= 11 is 0. The third-order valence-electron chi connectivity index (χ3n) is 2.37. The van der Waals surface area contributed by atoms with Gasteiger partial charge >= 0.3 is 6.09 Å². The zero-order chi connectivity index (χ0) is 11.7. The number of β-lactam (4-membered cyclic amide) rings is 1. The van der Waals surface area contributed by atoms with Crippen LogP contribution in [-0.4, -0.2) is 49.4 Å².